The van der Waals surface area contributed by atoms with E-state index >= 15 is 0 Å². The molecule has 2 rings (SSSR count). The van der Waals surface area contributed by atoms with E-state index in [0.29, 0.717) is 19.5 Å². The van der Waals surface area contributed by atoms with Crippen molar-refractivity contribution in [2.24, 2.45) is 5.41 Å². The first-order chi connectivity index (χ1) is 8.51. The van der Waals surface area contributed by atoms with Gasteiger partial charge in [0.25, 0.3) is 0 Å². The summed E-state index contributed by atoms with van der Waals surface area (Å²) in [4.78, 5) is 27.2. The monoisotopic (exact) mass is 254 g/mol. The van der Waals surface area contributed by atoms with E-state index in [4.69, 9.17) is 0 Å². The number of carboxylic acids is 1. The first-order valence-corrected chi connectivity index (χ1v) is 6.75. The van der Waals surface area contributed by atoms with Crippen molar-refractivity contribution in [3.05, 3.63) is 0 Å². The molecule has 2 aliphatic rings. The standard InChI is InChI=1S/C13H22N2O3/c1-13(12(17)18)5-4-6-14(10-13)9-11(16)15-7-2-3-8-15/h2-10H2,1H3,(H,17,18). The molecule has 1 amide bonds. The third-order valence-electron chi connectivity index (χ3n) is 4.11. The van der Waals surface area contributed by atoms with Crippen molar-refractivity contribution in [3.63, 3.8) is 0 Å². The van der Waals surface area contributed by atoms with Gasteiger partial charge in [0.15, 0.2) is 0 Å². The van der Waals surface area contributed by atoms with Crippen LogP contribution in [0, 0.1) is 5.41 Å². The Morgan fingerprint density at radius 3 is 2.44 bits per heavy atom. The van der Waals surface area contributed by atoms with Crippen molar-refractivity contribution in [2.45, 2.75) is 32.6 Å². The highest BCUT2D eigenvalue weighted by Gasteiger charge is 2.38. The Morgan fingerprint density at radius 1 is 1.17 bits per heavy atom. The smallest absolute Gasteiger partial charge is 0.310 e. The van der Waals surface area contributed by atoms with Crippen LogP contribution in [0.3, 0.4) is 0 Å². The van der Waals surface area contributed by atoms with E-state index < -0.39 is 11.4 Å². The van der Waals surface area contributed by atoms with E-state index in [1.54, 1.807) is 6.92 Å². The van der Waals surface area contributed by atoms with Crippen LogP contribution in [0.15, 0.2) is 0 Å². The van der Waals surface area contributed by atoms with Crippen LogP contribution in [0.2, 0.25) is 0 Å². The lowest BCUT2D eigenvalue weighted by Gasteiger charge is -2.37. The number of aliphatic carboxylic acids is 1. The van der Waals surface area contributed by atoms with E-state index in [9.17, 15) is 14.7 Å². The maximum atomic E-state index is 12.0. The predicted molar refractivity (Wildman–Crippen MR) is 67.2 cm³/mol. The Balaban J connectivity index is 1.89. The molecule has 0 aromatic heterocycles. The number of hydrogen-bond donors (Lipinski definition) is 1. The molecular formula is C13H22N2O3. The average molecular weight is 254 g/mol. The van der Waals surface area contributed by atoms with Gasteiger partial charge in [-0.15, -0.1) is 0 Å². The highest BCUT2D eigenvalue weighted by atomic mass is 16.4. The van der Waals surface area contributed by atoms with Gasteiger partial charge in [0.2, 0.25) is 5.91 Å². The van der Waals surface area contributed by atoms with Gasteiger partial charge in [-0.1, -0.05) is 0 Å². The molecule has 0 aromatic carbocycles. The molecule has 18 heavy (non-hydrogen) atoms. The minimum absolute atomic E-state index is 0.155. The topological polar surface area (TPSA) is 60.9 Å². The fourth-order valence-electron chi connectivity index (χ4n) is 2.91. The molecule has 1 unspecified atom stereocenters. The normalized spacial score (nSPS) is 29.5. The molecule has 1 N–H and O–H groups in total. The molecule has 5 heteroatoms. The zero-order valence-corrected chi connectivity index (χ0v) is 11.0. The first-order valence-electron chi connectivity index (χ1n) is 6.75. The number of likely N-dealkylation sites (tertiary alicyclic amines) is 2. The van der Waals surface area contributed by atoms with Crippen molar-refractivity contribution in [2.75, 3.05) is 32.7 Å². The van der Waals surface area contributed by atoms with Gasteiger partial charge in [-0.05, 0) is 39.2 Å². The summed E-state index contributed by atoms with van der Waals surface area (Å²) in [5.41, 5.74) is -0.691. The lowest BCUT2D eigenvalue weighted by atomic mass is 9.82. The van der Waals surface area contributed by atoms with E-state index in [1.165, 1.54) is 0 Å². The van der Waals surface area contributed by atoms with Gasteiger partial charge in [-0.3, -0.25) is 14.5 Å². The van der Waals surface area contributed by atoms with E-state index in [1.807, 2.05) is 9.80 Å². The molecule has 102 valence electrons. The van der Waals surface area contributed by atoms with Crippen molar-refractivity contribution in [1.82, 2.24) is 9.80 Å². The third kappa shape index (κ3) is 2.83. The van der Waals surface area contributed by atoms with Crippen LogP contribution in [0.1, 0.15) is 32.6 Å². The van der Waals surface area contributed by atoms with Gasteiger partial charge in [0.05, 0.1) is 12.0 Å². The molecule has 2 aliphatic heterocycles. The average Bonchev–Trinajstić information content (AvgIpc) is 2.82. The Bertz CT molecular complexity index is 339. The van der Waals surface area contributed by atoms with Crippen LogP contribution >= 0.6 is 0 Å². The minimum atomic E-state index is -0.749. The quantitative estimate of drug-likeness (QED) is 0.809. The summed E-state index contributed by atoms with van der Waals surface area (Å²) >= 11 is 0. The zero-order chi connectivity index (χ0) is 13.2. The molecule has 2 saturated heterocycles. The highest BCUT2D eigenvalue weighted by molar-refractivity contribution is 5.79. The van der Waals surface area contributed by atoms with Gasteiger partial charge in [0, 0.05) is 19.6 Å². The molecule has 0 bridgehead atoms. The first kappa shape index (κ1) is 13.3. The molecule has 0 aliphatic carbocycles. The summed E-state index contributed by atoms with van der Waals surface area (Å²) < 4.78 is 0. The number of piperidine rings is 1. The fourth-order valence-corrected chi connectivity index (χ4v) is 2.91. The molecule has 0 radical (unpaired) electrons. The zero-order valence-electron chi connectivity index (χ0n) is 11.0. The van der Waals surface area contributed by atoms with E-state index in [2.05, 4.69) is 0 Å². The molecule has 1 atom stereocenters. The SMILES string of the molecule is CC1(C(=O)O)CCCN(CC(=O)N2CCCC2)C1. The molecule has 2 heterocycles. The lowest BCUT2D eigenvalue weighted by Crippen LogP contribution is -2.49. The van der Waals surface area contributed by atoms with Crippen molar-refractivity contribution in [1.29, 1.82) is 0 Å². The molecule has 5 nitrogen and oxygen atoms in total. The van der Waals surface area contributed by atoms with Gasteiger partial charge in [-0.25, -0.2) is 0 Å². The number of rotatable bonds is 3. The largest absolute Gasteiger partial charge is 0.481 e. The van der Waals surface area contributed by atoms with Gasteiger partial charge in [0.1, 0.15) is 0 Å². The summed E-state index contributed by atoms with van der Waals surface area (Å²) in [7, 11) is 0. The van der Waals surface area contributed by atoms with Crippen molar-refractivity contribution < 1.29 is 14.7 Å². The molecule has 0 saturated carbocycles. The second-order valence-corrected chi connectivity index (χ2v) is 5.77. The Morgan fingerprint density at radius 2 is 1.83 bits per heavy atom. The maximum Gasteiger partial charge on any atom is 0.310 e. The summed E-state index contributed by atoms with van der Waals surface area (Å²) in [5.74, 6) is -0.594. The van der Waals surface area contributed by atoms with Crippen LogP contribution in [0.4, 0.5) is 0 Å². The second-order valence-electron chi connectivity index (χ2n) is 5.77. The molecular weight excluding hydrogens is 232 g/mol. The molecule has 2 fully saturated rings. The summed E-state index contributed by atoms with van der Waals surface area (Å²) in [6.45, 7) is 5.21. The number of carbonyl (C=O) groups is 2. The Labute approximate surface area is 108 Å². The van der Waals surface area contributed by atoms with E-state index in [0.717, 1.165) is 38.9 Å². The maximum absolute atomic E-state index is 12.0. The van der Waals surface area contributed by atoms with Gasteiger partial charge in [-0.2, -0.15) is 0 Å². The van der Waals surface area contributed by atoms with Gasteiger partial charge < -0.3 is 10.0 Å². The second kappa shape index (κ2) is 5.26. The van der Waals surface area contributed by atoms with Crippen molar-refractivity contribution in [3.8, 4) is 0 Å². The number of carboxylic acid groups (broad SMARTS) is 1. The lowest BCUT2D eigenvalue weighted by molar-refractivity contribution is -0.152. The molecule has 0 spiro atoms. The summed E-state index contributed by atoms with van der Waals surface area (Å²) in [6, 6.07) is 0. The van der Waals surface area contributed by atoms with Crippen LogP contribution in [-0.2, 0) is 9.59 Å². The Hall–Kier alpha value is -1.10. The van der Waals surface area contributed by atoms with E-state index in [-0.39, 0.29) is 5.91 Å². The summed E-state index contributed by atoms with van der Waals surface area (Å²) in [6.07, 6.45) is 3.75. The van der Waals surface area contributed by atoms with Crippen LogP contribution in [0.5, 0.6) is 0 Å². The number of nitrogens with zero attached hydrogens (tertiary/aromatic N) is 2. The predicted octanol–water partition coefficient (Wildman–Crippen LogP) is 0.795. The Kier molecular flexibility index (Phi) is 3.90. The van der Waals surface area contributed by atoms with Crippen LogP contribution in [0.25, 0.3) is 0 Å². The van der Waals surface area contributed by atoms with Crippen LogP contribution in [-0.4, -0.2) is 59.5 Å². The molecule has 0 aromatic rings. The number of carbonyl (C=O) groups excluding carboxylic acids is 1. The number of hydrogen-bond acceptors (Lipinski definition) is 3. The highest BCUT2D eigenvalue weighted by Crippen LogP contribution is 2.29. The number of amides is 1. The third-order valence-corrected chi connectivity index (χ3v) is 4.11. The summed E-state index contributed by atoms with van der Waals surface area (Å²) in [5, 5.41) is 9.24. The van der Waals surface area contributed by atoms with Crippen molar-refractivity contribution >= 4 is 11.9 Å². The van der Waals surface area contributed by atoms with Crippen LogP contribution < -0.4 is 0 Å². The minimum Gasteiger partial charge on any atom is -0.481 e. The van der Waals surface area contributed by atoms with Gasteiger partial charge >= 0.3 is 5.97 Å². The fraction of sp³-hybridized carbons (Fsp3) is 0.846.